The van der Waals surface area contributed by atoms with Crippen molar-refractivity contribution in [3.8, 4) is 0 Å². The summed E-state index contributed by atoms with van der Waals surface area (Å²) in [6.45, 7) is 6.98. The molecule has 1 aliphatic carbocycles. The van der Waals surface area contributed by atoms with E-state index >= 15 is 0 Å². The smallest absolute Gasteiger partial charge is 0.162 e. The summed E-state index contributed by atoms with van der Waals surface area (Å²) in [6.07, 6.45) is 4.29. The zero-order valence-corrected chi connectivity index (χ0v) is 14.6. The van der Waals surface area contributed by atoms with E-state index in [9.17, 15) is 0 Å². The molecule has 106 valence electrons. The number of aryl methyl sites for hydroxylation is 1. The predicted octanol–water partition coefficient (Wildman–Crippen LogP) is 4.48. The van der Waals surface area contributed by atoms with Gasteiger partial charge in [0.2, 0.25) is 0 Å². The Hall–Kier alpha value is 0.0600. The number of halogens is 2. The van der Waals surface area contributed by atoms with Crippen molar-refractivity contribution in [3.05, 3.63) is 20.2 Å². The van der Waals surface area contributed by atoms with Crippen molar-refractivity contribution in [2.24, 2.45) is 5.92 Å². The molecule has 19 heavy (non-hydrogen) atoms. The molecule has 0 radical (unpaired) electrons. The van der Waals surface area contributed by atoms with Crippen LogP contribution in [-0.4, -0.2) is 16.6 Å². The number of hydrogen-bond donors (Lipinski definition) is 0. The first-order valence-corrected chi connectivity index (χ1v) is 8.28. The van der Waals surface area contributed by atoms with E-state index in [0.29, 0.717) is 11.8 Å². The lowest BCUT2D eigenvalue weighted by atomic mass is 9.79. The van der Waals surface area contributed by atoms with Gasteiger partial charge in [-0.25, -0.2) is 9.97 Å². The van der Waals surface area contributed by atoms with Crippen LogP contribution >= 0.6 is 34.2 Å². The highest BCUT2D eigenvalue weighted by Gasteiger charge is 2.39. The Morgan fingerprint density at radius 3 is 2.53 bits per heavy atom. The van der Waals surface area contributed by atoms with Gasteiger partial charge in [0.05, 0.1) is 9.26 Å². The van der Waals surface area contributed by atoms with Gasteiger partial charge in [0.15, 0.2) is 5.82 Å². The van der Waals surface area contributed by atoms with Crippen molar-refractivity contribution >= 4 is 34.2 Å². The first kappa shape index (κ1) is 15.4. The van der Waals surface area contributed by atoms with Crippen molar-refractivity contribution in [1.82, 2.24) is 9.97 Å². The maximum Gasteiger partial charge on any atom is 0.162 e. The fraction of sp³-hybridized carbons (Fsp3) is 0.714. The second-order valence-corrected chi connectivity index (χ2v) is 6.78. The quantitative estimate of drug-likeness (QED) is 0.560. The van der Waals surface area contributed by atoms with Gasteiger partial charge in [-0.1, -0.05) is 18.5 Å². The van der Waals surface area contributed by atoms with E-state index in [1.807, 2.05) is 13.8 Å². The standard InChI is InChI=1S/C14H20ClIN2O/c1-4-19-14(7-5-9(2)6-8-14)13-17-10(3)11(16)12(15)18-13/h9H,4-8H2,1-3H3. The molecule has 0 aromatic carbocycles. The monoisotopic (exact) mass is 394 g/mol. The van der Waals surface area contributed by atoms with Gasteiger partial charge in [-0.15, -0.1) is 0 Å². The van der Waals surface area contributed by atoms with Crippen LogP contribution < -0.4 is 0 Å². The Morgan fingerprint density at radius 1 is 1.37 bits per heavy atom. The van der Waals surface area contributed by atoms with Crippen LogP contribution in [0.3, 0.4) is 0 Å². The predicted molar refractivity (Wildman–Crippen MR) is 85.4 cm³/mol. The molecule has 0 unspecified atom stereocenters. The van der Waals surface area contributed by atoms with Crippen LogP contribution in [0.4, 0.5) is 0 Å². The molecule has 1 aromatic heterocycles. The zero-order chi connectivity index (χ0) is 14.0. The molecule has 1 fully saturated rings. The molecule has 0 spiro atoms. The van der Waals surface area contributed by atoms with Gasteiger partial charge in [-0.3, -0.25) is 0 Å². The van der Waals surface area contributed by atoms with Gasteiger partial charge in [0, 0.05) is 6.61 Å². The van der Waals surface area contributed by atoms with Crippen LogP contribution in [0.25, 0.3) is 0 Å². The van der Waals surface area contributed by atoms with E-state index in [1.165, 1.54) is 0 Å². The minimum absolute atomic E-state index is 0.333. The minimum atomic E-state index is -0.333. The van der Waals surface area contributed by atoms with E-state index in [1.54, 1.807) is 0 Å². The first-order chi connectivity index (χ1) is 8.98. The molecule has 1 aromatic rings. The molecular formula is C14H20ClIN2O. The van der Waals surface area contributed by atoms with Gasteiger partial charge in [-0.05, 0) is 68.0 Å². The van der Waals surface area contributed by atoms with Crippen molar-refractivity contribution < 1.29 is 4.74 Å². The molecule has 0 N–H and O–H groups in total. The fourth-order valence-electron chi connectivity index (χ4n) is 2.67. The number of nitrogens with zero attached hydrogens (tertiary/aromatic N) is 2. The maximum atomic E-state index is 6.21. The van der Waals surface area contributed by atoms with Crippen LogP contribution in [0.2, 0.25) is 5.15 Å². The van der Waals surface area contributed by atoms with Crippen molar-refractivity contribution in [2.45, 2.75) is 52.1 Å². The third kappa shape index (κ3) is 3.22. The molecule has 3 nitrogen and oxygen atoms in total. The van der Waals surface area contributed by atoms with E-state index in [4.69, 9.17) is 16.3 Å². The molecule has 0 bridgehead atoms. The van der Waals surface area contributed by atoms with Crippen molar-refractivity contribution in [2.75, 3.05) is 6.61 Å². The summed E-state index contributed by atoms with van der Waals surface area (Å²) in [6, 6.07) is 0. The number of aromatic nitrogens is 2. The van der Waals surface area contributed by atoms with E-state index in [0.717, 1.165) is 46.7 Å². The Kier molecular flexibility index (Phi) is 5.06. The van der Waals surface area contributed by atoms with Crippen molar-refractivity contribution in [3.63, 3.8) is 0 Å². The van der Waals surface area contributed by atoms with Gasteiger partial charge in [-0.2, -0.15) is 0 Å². The van der Waals surface area contributed by atoms with Crippen LogP contribution in [-0.2, 0) is 10.3 Å². The average Bonchev–Trinajstić information content (AvgIpc) is 2.38. The molecule has 0 atom stereocenters. The van der Waals surface area contributed by atoms with E-state index in [2.05, 4.69) is 39.5 Å². The molecule has 2 rings (SSSR count). The van der Waals surface area contributed by atoms with Crippen LogP contribution in [0.1, 0.15) is 51.0 Å². The molecule has 0 amide bonds. The van der Waals surface area contributed by atoms with Gasteiger partial charge < -0.3 is 4.74 Å². The molecule has 1 saturated carbocycles. The molecule has 5 heteroatoms. The largest absolute Gasteiger partial charge is 0.367 e. The fourth-order valence-corrected chi connectivity index (χ4v) is 3.12. The van der Waals surface area contributed by atoms with E-state index in [-0.39, 0.29) is 5.60 Å². The highest BCUT2D eigenvalue weighted by Crippen LogP contribution is 2.41. The second-order valence-electron chi connectivity index (χ2n) is 5.35. The average molecular weight is 395 g/mol. The second kappa shape index (κ2) is 6.22. The van der Waals surface area contributed by atoms with Crippen LogP contribution in [0, 0.1) is 16.4 Å². The lowest BCUT2D eigenvalue weighted by Crippen LogP contribution is -2.36. The summed E-state index contributed by atoms with van der Waals surface area (Å²) in [5.74, 6) is 1.53. The van der Waals surface area contributed by atoms with Crippen LogP contribution in [0.5, 0.6) is 0 Å². The lowest BCUT2D eigenvalue weighted by Gasteiger charge is -2.38. The summed E-state index contributed by atoms with van der Waals surface area (Å²) in [5.41, 5.74) is 0.605. The molecule has 1 aliphatic rings. The van der Waals surface area contributed by atoms with Crippen LogP contribution in [0.15, 0.2) is 0 Å². The molecule has 1 heterocycles. The first-order valence-electron chi connectivity index (χ1n) is 6.82. The Bertz CT molecular complexity index is 436. The topological polar surface area (TPSA) is 35.0 Å². The zero-order valence-electron chi connectivity index (χ0n) is 11.7. The molecule has 0 saturated heterocycles. The molecule has 0 aliphatic heterocycles. The third-order valence-electron chi connectivity index (χ3n) is 3.89. The highest BCUT2D eigenvalue weighted by molar-refractivity contribution is 14.1. The molecular weight excluding hydrogens is 375 g/mol. The Labute approximate surface area is 133 Å². The highest BCUT2D eigenvalue weighted by atomic mass is 127. The lowest BCUT2D eigenvalue weighted by molar-refractivity contribution is -0.0838. The Morgan fingerprint density at radius 2 is 2.00 bits per heavy atom. The van der Waals surface area contributed by atoms with Gasteiger partial charge >= 0.3 is 0 Å². The summed E-state index contributed by atoms with van der Waals surface area (Å²) >= 11 is 8.40. The summed E-state index contributed by atoms with van der Waals surface area (Å²) < 4.78 is 7.00. The number of rotatable bonds is 3. The summed E-state index contributed by atoms with van der Waals surface area (Å²) in [5, 5.41) is 0.542. The number of hydrogen-bond acceptors (Lipinski definition) is 3. The normalized spacial score (nSPS) is 27.5. The number of ether oxygens (including phenoxy) is 1. The Balaban J connectivity index is 2.39. The third-order valence-corrected chi connectivity index (χ3v) is 5.77. The van der Waals surface area contributed by atoms with Gasteiger partial charge in [0.25, 0.3) is 0 Å². The summed E-state index contributed by atoms with van der Waals surface area (Å²) in [4.78, 5) is 9.14. The van der Waals surface area contributed by atoms with E-state index < -0.39 is 0 Å². The minimum Gasteiger partial charge on any atom is -0.367 e. The van der Waals surface area contributed by atoms with Crippen molar-refractivity contribution in [1.29, 1.82) is 0 Å². The SMILES string of the molecule is CCOC1(c2nc(C)c(I)c(Cl)n2)CCC(C)CC1. The van der Waals surface area contributed by atoms with Gasteiger partial charge in [0.1, 0.15) is 10.8 Å². The maximum absolute atomic E-state index is 6.21. The summed E-state index contributed by atoms with van der Waals surface area (Å²) in [7, 11) is 0.